The highest BCUT2D eigenvalue weighted by Crippen LogP contribution is 2.28. The zero-order valence-corrected chi connectivity index (χ0v) is 10.1. The van der Waals surface area contributed by atoms with Crippen molar-refractivity contribution < 1.29 is 9.13 Å². The summed E-state index contributed by atoms with van der Waals surface area (Å²) in [5.74, 6) is 0.684. The highest BCUT2D eigenvalue weighted by Gasteiger charge is 2.06. The number of halogens is 1. The molecular formula is C14H14FNO. The number of hydrogen-bond acceptors (Lipinski definition) is 2. The van der Waals surface area contributed by atoms with E-state index in [9.17, 15) is 4.39 Å². The van der Waals surface area contributed by atoms with E-state index in [1.54, 1.807) is 6.07 Å². The van der Waals surface area contributed by atoms with Crippen LogP contribution in [0.2, 0.25) is 0 Å². The van der Waals surface area contributed by atoms with Crippen molar-refractivity contribution >= 4 is 0 Å². The first kappa shape index (κ1) is 11.6. The van der Waals surface area contributed by atoms with Crippen LogP contribution in [0.3, 0.4) is 0 Å². The molecule has 17 heavy (non-hydrogen) atoms. The summed E-state index contributed by atoms with van der Waals surface area (Å²) in [5, 5.41) is 0. The van der Waals surface area contributed by atoms with Gasteiger partial charge in [0.1, 0.15) is 11.5 Å². The number of pyridine rings is 1. The lowest BCUT2D eigenvalue weighted by Crippen LogP contribution is -1.92. The van der Waals surface area contributed by atoms with Crippen LogP contribution >= 0.6 is 0 Å². The minimum absolute atomic E-state index is 0.464. The SMILES string of the molecule is Cc1cc(C)c(C)c(Oc2ccnc(F)c2)c1. The van der Waals surface area contributed by atoms with E-state index >= 15 is 0 Å². The van der Waals surface area contributed by atoms with Gasteiger partial charge in [0.05, 0.1) is 0 Å². The molecule has 1 heterocycles. The Morgan fingerprint density at radius 1 is 1.12 bits per heavy atom. The first-order valence-electron chi connectivity index (χ1n) is 5.43. The summed E-state index contributed by atoms with van der Waals surface area (Å²) < 4.78 is 18.6. The Morgan fingerprint density at radius 2 is 1.88 bits per heavy atom. The first-order valence-corrected chi connectivity index (χ1v) is 5.43. The maximum absolute atomic E-state index is 12.9. The van der Waals surface area contributed by atoms with Gasteiger partial charge < -0.3 is 4.74 Å². The molecule has 0 unspecified atom stereocenters. The van der Waals surface area contributed by atoms with E-state index in [2.05, 4.69) is 11.1 Å². The molecule has 0 radical (unpaired) electrons. The van der Waals surface area contributed by atoms with Crippen LogP contribution < -0.4 is 4.74 Å². The van der Waals surface area contributed by atoms with Crippen molar-refractivity contribution in [2.75, 3.05) is 0 Å². The highest BCUT2D eigenvalue weighted by molar-refractivity contribution is 5.44. The molecule has 2 rings (SSSR count). The lowest BCUT2D eigenvalue weighted by Gasteiger charge is -2.11. The maximum Gasteiger partial charge on any atom is 0.216 e. The van der Waals surface area contributed by atoms with Crippen LogP contribution in [0.5, 0.6) is 11.5 Å². The van der Waals surface area contributed by atoms with Crippen molar-refractivity contribution in [2.45, 2.75) is 20.8 Å². The highest BCUT2D eigenvalue weighted by atomic mass is 19.1. The first-order chi connectivity index (χ1) is 8.06. The van der Waals surface area contributed by atoms with E-state index in [0.717, 1.165) is 22.4 Å². The summed E-state index contributed by atoms with van der Waals surface area (Å²) in [6, 6.07) is 6.95. The lowest BCUT2D eigenvalue weighted by molar-refractivity contribution is 0.468. The third-order valence-electron chi connectivity index (χ3n) is 2.69. The van der Waals surface area contributed by atoms with Gasteiger partial charge in [0.2, 0.25) is 5.95 Å². The second-order valence-corrected chi connectivity index (χ2v) is 4.12. The smallest absolute Gasteiger partial charge is 0.216 e. The molecule has 0 bridgehead atoms. The van der Waals surface area contributed by atoms with Gasteiger partial charge in [0.15, 0.2) is 0 Å². The van der Waals surface area contributed by atoms with Crippen LogP contribution in [0.25, 0.3) is 0 Å². The molecular weight excluding hydrogens is 217 g/mol. The third-order valence-corrected chi connectivity index (χ3v) is 2.69. The zero-order valence-electron chi connectivity index (χ0n) is 10.1. The predicted molar refractivity (Wildman–Crippen MR) is 64.9 cm³/mol. The second-order valence-electron chi connectivity index (χ2n) is 4.12. The lowest BCUT2D eigenvalue weighted by atomic mass is 10.1. The standard InChI is InChI=1S/C14H14FNO/c1-9-6-10(2)11(3)13(7-9)17-12-4-5-16-14(15)8-12/h4-8H,1-3H3. The number of hydrogen-bond donors (Lipinski definition) is 0. The Kier molecular flexibility index (Phi) is 3.09. The summed E-state index contributed by atoms with van der Waals surface area (Å²) in [7, 11) is 0. The molecule has 0 spiro atoms. The summed E-state index contributed by atoms with van der Waals surface area (Å²) in [5.41, 5.74) is 3.35. The van der Waals surface area contributed by atoms with Crippen LogP contribution in [0, 0.1) is 26.7 Å². The Balaban J connectivity index is 2.36. The number of benzene rings is 1. The fourth-order valence-corrected chi connectivity index (χ4v) is 1.68. The topological polar surface area (TPSA) is 22.1 Å². The molecule has 0 N–H and O–H groups in total. The number of ether oxygens (including phenoxy) is 1. The van der Waals surface area contributed by atoms with E-state index in [1.807, 2.05) is 26.8 Å². The van der Waals surface area contributed by atoms with E-state index in [4.69, 9.17) is 4.74 Å². The minimum Gasteiger partial charge on any atom is -0.457 e. The van der Waals surface area contributed by atoms with Crippen molar-refractivity contribution in [3.8, 4) is 11.5 Å². The summed E-state index contributed by atoms with van der Waals surface area (Å²) in [4.78, 5) is 3.49. The summed E-state index contributed by atoms with van der Waals surface area (Å²) in [6.45, 7) is 6.02. The molecule has 88 valence electrons. The van der Waals surface area contributed by atoms with Gasteiger partial charge in [0, 0.05) is 12.3 Å². The molecule has 0 amide bonds. The molecule has 0 saturated carbocycles. The van der Waals surface area contributed by atoms with Gasteiger partial charge in [-0.2, -0.15) is 4.39 Å². The molecule has 0 saturated heterocycles. The van der Waals surface area contributed by atoms with Gasteiger partial charge in [-0.15, -0.1) is 0 Å². The average molecular weight is 231 g/mol. The molecule has 2 nitrogen and oxygen atoms in total. The van der Waals surface area contributed by atoms with Gasteiger partial charge >= 0.3 is 0 Å². The maximum atomic E-state index is 12.9. The number of aromatic nitrogens is 1. The van der Waals surface area contributed by atoms with Gasteiger partial charge in [-0.25, -0.2) is 4.98 Å². The van der Waals surface area contributed by atoms with Gasteiger partial charge in [-0.3, -0.25) is 0 Å². The van der Waals surface area contributed by atoms with Gasteiger partial charge in [-0.1, -0.05) is 6.07 Å². The zero-order chi connectivity index (χ0) is 12.4. The van der Waals surface area contributed by atoms with Crippen molar-refractivity contribution in [3.05, 3.63) is 53.1 Å². The molecule has 0 fully saturated rings. The van der Waals surface area contributed by atoms with E-state index in [0.29, 0.717) is 5.75 Å². The molecule has 2 aromatic rings. The largest absolute Gasteiger partial charge is 0.457 e. The molecule has 0 atom stereocenters. The fraction of sp³-hybridized carbons (Fsp3) is 0.214. The van der Waals surface area contributed by atoms with Crippen LogP contribution in [0.1, 0.15) is 16.7 Å². The van der Waals surface area contributed by atoms with Crippen LogP contribution in [-0.4, -0.2) is 4.98 Å². The Labute approximate surface area is 100 Å². The number of aryl methyl sites for hydroxylation is 2. The minimum atomic E-state index is -0.537. The Morgan fingerprint density at radius 3 is 2.59 bits per heavy atom. The van der Waals surface area contributed by atoms with Crippen LogP contribution in [0.15, 0.2) is 30.5 Å². The van der Waals surface area contributed by atoms with E-state index < -0.39 is 5.95 Å². The Hall–Kier alpha value is -1.90. The predicted octanol–water partition coefficient (Wildman–Crippen LogP) is 3.94. The number of rotatable bonds is 2. The molecule has 0 aliphatic carbocycles. The monoisotopic (exact) mass is 231 g/mol. The van der Waals surface area contributed by atoms with E-state index in [1.165, 1.54) is 12.3 Å². The molecule has 3 heteroatoms. The second kappa shape index (κ2) is 4.53. The fourth-order valence-electron chi connectivity index (χ4n) is 1.68. The van der Waals surface area contributed by atoms with Crippen LogP contribution in [-0.2, 0) is 0 Å². The van der Waals surface area contributed by atoms with Gasteiger partial charge in [0.25, 0.3) is 0 Å². The molecule has 1 aromatic carbocycles. The average Bonchev–Trinajstić information content (AvgIpc) is 2.25. The summed E-state index contributed by atoms with van der Waals surface area (Å²) >= 11 is 0. The van der Waals surface area contributed by atoms with Crippen molar-refractivity contribution in [1.82, 2.24) is 4.98 Å². The van der Waals surface area contributed by atoms with Crippen molar-refractivity contribution in [3.63, 3.8) is 0 Å². The van der Waals surface area contributed by atoms with Crippen molar-refractivity contribution in [1.29, 1.82) is 0 Å². The molecule has 0 aliphatic rings. The normalized spacial score (nSPS) is 10.4. The van der Waals surface area contributed by atoms with Crippen molar-refractivity contribution in [2.24, 2.45) is 0 Å². The summed E-state index contributed by atoms with van der Waals surface area (Å²) in [6.07, 6.45) is 1.39. The third kappa shape index (κ3) is 2.61. The molecule has 0 aliphatic heterocycles. The van der Waals surface area contributed by atoms with Crippen LogP contribution in [0.4, 0.5) is 4.39 Å². The number of nitrogens with zero attached hydrogens (tertiary/aromatic N) is 1. The van der Waals surface area contributed by atoms with E-state index in [-0.39, 0.29) is 0 Å². The quantitative estimate of drug-likeness (QED) is 0.730. The van der Waals surface area contributed by atoms with Gasteiger partial charge in [-0.05, 0) is 49.6 Å². The molecule has 1 aromatic heterocycles. The Bertz CT molecular complexity index is 552.